The second-order valence-corrected chi connectivity index (χ2v) is 7.41. The molecule has 0 atom stereocenters. The van der Waals surface area contributed by atoms with E-state index in [0.29, 0.717) is 5.75 Å². The minimum Gasteiger partial charge on any atom is -0.545 e. The molecule has 0 fully saturated rings. The van der Waals surface area contributed by atoms with Crippen LogP contribution in [0.15, 0.2) is 103 Å². The maximum absolute atomic E-state index is 11.7. The summed E-state index contributed by atoms with van der Waals surface area (Å²) in [6, 6.07) is 31.7. The Hall–Kier alpha value is -3.51. The SMILES string of the molecule is O=C([O-])c1cc(OCc2ccccc2)c(OCc2ccccc2)c(OCc2ccccc2)c1.[Ag+]. The van der Waals surface area contributed by atoms with Crippen LogP contribution < -0.4 is 19.3 Å². The summed E-state index contributed by atoms with van der Waals surface area (Å²) in [5, 5.41) is 11.7. The van der Waals surface area contributed by atoms with E-state index in [1.54, 1.807) is 0 Å². The van der Waals surface area contributed by atoms with Gasteiger partial charge in [-0.1, -0.05) is 91.0 Å². The van der Waals surface area contributed by atoms with Gasteiger partial charge in [0.25, 0.3) is 0 Å². The monoisotopic (exact) mass is 546 g/mol. The van der Waals surface area contributed by atoms with Crippen molar-refractivity contribution < 1.29 is 46.5 Å². The maximum atomic E-state index is 11.7. The second-order valence-electron chi connectivity index (χ2n) is 7.41. The van der Waals surface area contributed by atoms with E-state index in [-0.39, 0.29) is 59.3 Å². The molecule has 5 nitrogen and oxygen atoms in total. The molecule has 176 valence electrons. The molecule has 0 saturated heterocycles. The van der Waals surface area contributed by atoms with Gasteiger partial charge in [0.05, 0.1) is 5.97 Å². The van der Waals surface area contributed by atoms with Gasteiger partial charge in [0.2, 0.25) is 5.75 Å². The number of hydrogen-bond acceptors (Lipinski definition) is 5. The molecule has 0 aliphatic heterocycles. The fourth-order valence-corrected chi connectivity index (χ4v) is 3.25. The van der Waals surface area contributed by atoms with E-state index in [0.717, 1.165) is 16.7 Å². The molecule has 0 aliphatic rings. The minimum absolute atomic E-state index is 0. The molecule has 0 amide bonds. The first kappa shape index (κ1) is 25.1. The average molecular weight is 547 g/mol. The first-order valence-corrected chi connectivity index (χ1v) is 10.6. The topological polar surface area (TPSA) is 67.8 Å². The Morgan fingerprint density at radius 2 is 0.941 bits per heavy atom. The van der Waals surface area contributed by atoms with Crippen LogP contribution in [0.2, 0.25) is 0 Å². The number of ether oxygens (including phenoxy) is 3. The van der Waals surface area contributed by atoms with Crippen molar-refractivity contribution in [1.29, 1.82) is 0 Å². The quantitative estimate of drug-likeness (QED) is 0.268. The van der Waals surface area contributed by atoms with Gasteiger partial charge >= 0.3 is 22.4 Å². The fourth-order valence-electron chi connectivity index (χ4n) is 3.25. The van der Waals surface area contributed by atoms with Crippen LogP contribution in [-0.2, 0) is 42.2 Å². The van der Waals surface area contributed by atoms with Crippen molar-refractivity contribution in [3.05, 3.63) is 125 Å². The van der Waals surface area contributed by atoms with Gasteiger partial charge in [-0.2, -0.15) is 0 Å². The smallest absolute Gasteiger partial charge is 0.545 e. The summed E-state index contributed by atoms with van der Waals surface area (Å²) in [5.74, 6) is -0.423. The van der Waals surface area contributed by atoms with Crippen LogP contribution in [0, 0.1) is 0 Å². The minimum atomic E-state index is -1.32. The first-order valence-electron chi connectivity index (χ1n) is 10.6. The molecule has 0 N–H and O–H groups in total. The summed E-state index contributed by atoms with van der Waals surface area (Å²) in [5.41, 5.74) is 2.80. The van der Waals surface area contributed by atoms with Gasteiger partial charge < -0.3 is 24.1 Å². The van der Waals surface area contributed by atoms with E-state index in [1.807, 2.05) is 91.0 Å². The van der Waals surface area contributed by atoms with E-state index in [2.05, 4.69) is 0 Å². The Kier molecular flexibility index (Phi) is 9.35. The van der Waals surface area contributed by atoms with Crippen LogP contribution in [0.25, 0.3) is 0 Å². The van der Waals surface area contributed by atoms with Crippen LogP contribution in [-0.4, -0.2) is 5.97 Å². The number of carboxylic acid groups (broad SMARTS) is 1. The third-order valence-electron chi connectivity index (χ3n) is 4.96. The molecule has 6 heteroatoms. The van der Waals surface area contributed by atoms with Crippen LogP contribution in [0.3, 0.4) is 0 Å². The molecule has 0 unspecified atom stereocenters. The number of carboxylic acids is 1. The van der Waals surface area contributed by atoms with E-state index < -0.39 is 5.97 Å². The predicted octanol–water partition coefficient (Wildman–Crippen LogP) is 4.78. The number of hydrogen-bond donors (Lipinski definition) is 0. The number of carbonyl (C=O) groups is 1. The van der Waals surface area contributed by atoms with Crippen molar-refractivity contribution in [2.75, 3.05) is 0 Å². The van der Waals surface area contributed by atoms with Gasteiger partial charge in [0.15, 0.2) is 11.5 Å². The van der Waals surface area contributed by atoms with E-state index in [9.17, 15) is 9.90 Å². The number of rotatable bonds is 10. The molecule has 4 aromatic rings. The van der Waals surface area contributed by atoms with Gasteiger partial charge in [-0.25, -0.2) is 0 Å². The fraction of sp³-hybridized carbons (Fsp3) is 0.107. The van der Waals surface area contributed by atoms with Gasteiger partial charge in [0, 0.05) is 5.56 Å². The van der Waals surface area contributed by atoms with Crippen LogP contribution >= 0.6 is 0 Å². The summed E-state index contributed by atoms with van der Waals surface area (Å²) >= 11 is 0. The predicted molar refractivity (Wildman–Crippen MR) is 123 cm³/mol. The van der Waals surface area contributed by atoms with Crippen LogP contribution in [0.4, 0.5) is 0 Å². The summed E-state index contributed by atoms with van der Waals surface area (Å²) in [6.45, 7) is 0.767. The Morgan fingerprint density at radius 3 is 1.29 bits per heavy atom. The van der Waals surface area contributed by atoms with Gasteiger partial charge in [-0.15, -0.1) is 0 Å². The normalized spacial score (nSPS) is 10.1. The summed E-state index contributed by atoms with van der Waals surface area (Å²) in [7, 11) is 0. The van der Waals surface area contributed by atoms with Crippen molar-refractivity contribution in [3.8, 4) is 17.2 Å². The molecule has 0 heterocycles. The first-order chi connectivity index (χ1) is 16.2. The summed E-state index contributed by atoms with van der Waals surface area (Å²) in [4.78, 5) is 11.7. The van der Waals surface area contributed by atoms with E-state index in [1.165, 1.54) is 12.1 Å². The van der Waals surface area contributed by atoms with Crippen molar-refractivity contribution >= 4 is 5.97 Å². The molecule has 0 bridgehead atoms. The zero-order valence-electron chi connectivity index (χ0n) is 18.3. The maximum Gasteiger partial charge on any atom is 1.00 e. The Balaban J connectivity index is 0.00000324. The standard InChI is InChI=1S/C28H24O5.Ag/c29-28(30)24-16-25(31-18-21-10-4-1-5-11-21)27(33-20-23-14-8-3-9-15-23)26(17-24)32-19-22-12-6-2-7-13-22;/h1-17H,18-20H2,(H,29,30);/q;+1/p-1. The molecular formula is C28H23AgO5. The van der Waals surface area contributed by atoms with Crippen molar-refractivity contribution in [2.45, 2.75) is 19.8 Å². The Labute approximate surface area is 214 Å². The van der Waals surface area contributed by atoms with Gasteiger partial charge in [-0.3, -0.25) is 0 Å². The molecule has 0 spiro atoms. The number of carbonyl (C=O) groups excluding carboxylic acids is 1. The third kappa shape index (κ3) is 6.99. The molecule has 0 radical (unpaired) electrons. The summed E-state index contributed by atoms with van der Waals surface area (Å²) in [6.07, 6.45) is 0. The molecule has 4 aromatic carbocycles. The molecule has 34 heavy (non-hydrogen) atoms. The Morgan fingerprint density at radius 1 is 0.588 bits per heavy atom. The van der Waals surface area contributed by atoms with Crippen LogP contribution in [0.5, 0.6) is 17.2 Å². The molecule has 4 rings (SSSR count). The van der Waals surface area contributed by atoms with Crippen molar-refractivity contribution in [1.82, 2.24) is 0 Å². The van der Waals surface area contributed by atoms with E-state index in [4.69, 9.17) is 14.2 Å². The van der Waals surface area contributed by atoms with Crippen molar-refractivity contribution in [3.63, 3.8) is 0 Å². The molecule has 0 aliphatic carbocycles. The molecular weight excluding hydrogens is 524 g/mol. The largest absolute Gasteiger partial charge is 1.00 e. The average Bonchev–Trinajstić information content (AvgIpc) is 2.87. The van der Waals surface area contributed by atoms with Crippen molar-refractivity contribution in [2.24, 2.45) is 0 Å². The Bertz CT molecular complexity index is 1120. The molecule has 0 saturated carbocycles. The number of aromatic carboxylic acids is 1. The third-order valence-corrected chi connectivity index (χ3v) is 4.96. The van der Waals surface area contributed by atoms with E-state index >= 15 is 0 Å². The second kappa shape index (κ2) is 12.7. The van der Waals surface area contributed by atoms with Crippen LogP contribution in [0.1, 0.15) is 27.0 Å². The zero-order chi connectivity index (χ0) is 22.9. The number of benzene rings is 4. The van der Waals surface area contributed by atoms with Gasteiger partial charge in [-0.05, 0) is 28.8 Å². The summed E-state index contributed by atoms with van der Waals surface area (Å²) < 4.78 is 18.1. The van der Waals surface area contributed by atoms with Gasteiger partial charge in [0.1, 0.15) is 19.8 Å². The molecule has 0 aromatic heterocycles. The zero-order valence-corrected chi connectivity index (χ0v) is 19.8.